The van der Waals surface area contributed by atoms with Crippen LogP contribution in [0.5, 0.6) is 5.75 Å². The highest BCUT2D eigenvalue weighted by Crippen LogP contribution is 2.34. The smallest absolute Gasteiger partial charge is 0.416 e. The molecule has 0 aliphatic rings. The number of aromatic nitrogens is 1. The molecule has 0 saturated heterocycles. The van der Waals surface area contributed by atoms with Crippen molar-refractivity contribution in [3.8, 4) is 17.0 Å². The zero-order chi connectivity index (χ0) is 18.8. The number of hydrogen-bond acceptors (Lipinski definition) is 4. The van der Waals surface area contributed by atoms with Gasteiger partial charge in [-0.2, -0.15) is 13.2 Å². The van der Waals surface area contributed by atoms with E-state index in [0.717, 1.165) is 12.1 Å². The van der Waals surface area contributed by atoms with Crippen molar-refractivity contribution in [1.29, 1.82) is 0 Å². The number of hydrogen-bond donors (Lipinski definition) is 1. The molecule has 0 bridgehead atoms. The van der Waals surface area contributed by atoms with E-state index in [4.69, 9.17) is 9.84 Å². The number of aliphatic carboxylic acids is 1. The van der Waals surface area contributed by atoms with Crippen LogP contribution in [-0.4, -0.2) is 36.3 Å². The van der Waals surface area contributed by atoms with E-state index in [1.807, 2.05) is 0 Å². The molecule has 0 aliphatic heterocycles. The molecule has 2 aromatic rings. The summed E-state index contributed by atoms with van der Waals surface area (Å²) in [5.74, 6) is -0.745. The highest BCUT2D eigenvalue weighted by Gasteiger charge is 2.32. The number of carbonyl (C=O) groups is 1. The van der Waals surface area contributed by atoms with Crippen molar-refractivity contribution in [3.63, 3.8) is 0 Å². The maximum absolute atomic E-state index is 13.1. The largest absolute Gasteiger partial charge is 0.479 e. The highest BCUT2D eigenvalue weighted by atomic mass is 19.4. The number of carboxylic acid groups (broad SMARTS) is 1. The van der Waals surface area contributed by atoms with Crippen molar-refractivity contribution in [2.24, 2.45) is 0 Å². The molecule has 0 unspecified atom stereocenters. The lowest BCUT2D eigenvalue weighted by Gasteiger charge is -2.17. The van der Waals surface area contributed by atoms with Gasteiger partial charge in [-0.1, -0.05) is 12.1 Å². The van der Waals surface area contributed by atoms with Crippen LogP contribution in [0.15, 0.2) is 36.4 Å². The topological polar surface area (TPSA) is 62.7 Å². The van der Waals surface area contributed by atoms with Crippen molar-refractivity contribution in [2.45, 2.75) is 19.2 Å². The van der Waals surface area contributed by atoms with Crippen LogP contribution in [0.3, 0.4) is 0 Å². The van der Waals surface area contributed by atoms with Gasteiger partial charge < -0.3 is 14.7 Å². The lowest BCUT2D eigenvalue weighted by Crippen LogP contribution is -2.22. The Bertz CT molecular complexity index is 776. The van der Waals surface area contributed by atoms with Gasteiger partial charge in [-0.3, -0.25) is 0 Å². The SMILES string of the molecule is C[C@H](Oc1cccc(-c2cc(C(F)(F)F)cc(N(C)C)n2)c1)C(=O)O. The van der Waals surface area contributed by atoms with Gasteiger partial charge in [0.1, 0.15) is 11.6 Å². The molecule has 2 rings (SSSR count). The fraction of sp³-hybridized carbons (Fsp3) is 0.294. The van der Waals surface area contributed by atoms with E-state index in [0.29, 0.717) is 5.56 Å². The van der Waals surface area contributed by atoms with Crippen molar-refractivity contribution in [3.05, 3.63) is 42.0 Å². The van der Waals surface area contributed by atoms with Crippen molar-refractivity contribution >= 4 is 11.8 Å². The van der Waals surface area contributed by atoms with Gasteiger partial charge in [-0.15, -0.1) is 0 Å². The number of carboxylic acids is 1. The summed E-state index contributed by atoms with van der Waals surface area (Å²) in [5, 5.41) is 8.89. The van der Waals surface area contributed by atoms with Crippen molar-refractivity contribution in [1.82, 2.24) is 4.98 Å². The Kier molecular flexibility index (Phi) is 5.20. The zero-order valence-corrected chi connectivity index (χ0v) is 13.8. The first-order chi connectivity index (χ1) is 11.6. The molecule has 0 aliphatic carbocycles. The van der Waals surface area contributed by atoms with Crippen LogP contribution in [0.2, 0.25) is 0 Å². The van der Waals surface area contributed by atoms with Crippen molar-refractivity contribution < 1.29 is 27.8 Å². The van der Waals surface area contributed by atoms with Gasteiger partial charge in [0, 0.05) is 19.7 Å². The monoisotopic (exact) mass is 354 g/mol. The molecule has 1 atom stereocenters. The minimum atomic E-state index is -4.51. The van der Waals surface area contributed by atoms with Gasteiger partial charge in [0.25, 0.3) is 0 Å². The first kappa shape index (κ1) is 18.6. The van der Waals surface area contributed by atoms with Crippen LogP contribution in [-0.2, 0) is 11.0 Å². The van der Waals surface area contributed by atoms with Gasteiger partial charge in [0.2, 0.25) is 0 Å². The first-order valence-electron chi connectivity index (χ1n) is 7.34. The summed E-state index contributed by atoms with van der Waals surface area (Å²) in [6.07, 6.45) is -5.59. The number of ether oxygens (including phenoxy) is 1. The molecule has 1 aromatic carbocycles. The van der Waals surface area contributed by atoms with E-state index in [9.17, 15) is 18.0 Å². The molecule has 1 N–H and O–H groups in total. The van der Waals surface area contributed by atoms with E-state index >= 15 is 0 Å². The van der Waals surface area contributed by atoms with E-state index in [-0.39, 0.29) is 17.3 Å². The minimum Gasteiger partial charge on any atom is -0.479 e. The molecular weight excluding hydrogens is 337 g/mol. The predicted molar refractivity (Wildman–Crippen MR) is 86.7 cm³/mol. The molecule has 1 heterocycles. The van der Waals surface area contributed by atoms with E-state index < -0.39 is 23.8 Å². The average molecular weight is 354 g/mol. The van der Waals surface area contributed by atoms with Crippen LogP contribution in [0.1, 0.15) is 12.5 Å². The van der Waals surface area contributed by atoms with Crippen LogP contribution in [0, 0.1) is 0 Å². The quantitative estimate of drug-likeness (QED) is 0.887. The Hall–Kier alpha value is -2.77. The second kappa shape index (κ2) is 7.00. The number of anilines is 1. The summed E-state index contributed by atoms with van der Waals surface area (Å²) < 4.78 is 44.6. The third-order valence-corrected chi connectivity index (χ3v) is 3.39. The lowest BCUT2D eigenvalue weighted by molar-refractivity contribution is -0.144. The number of halogens is 3. The summed E-state index contributed by atoms with van der Waals surface area (Å²) >= 11 is 0. The maximum atomic E-state index is 13.1. The van der Waals surface area contributed by atoms with Gasteiger partial charge >= 0.3 is 12.1 Å². The van der Waals surface area contributed by atoms with Gasteiger partial charge in [-0.25, -0.2) is 9.78 Å². The predicted octanol–water partition coefficient (Wildman–Crippen LogP) is 3.69. The van der Waals surface area contributed by atoms with E-state index in [1.165, 1.54) is 24.0 Å². The molecule has 0 fully saturated rings. The number of rotatable bonds is 5. The standard InChI is InChI=1S/C17H17F3N2O3/c1-10(16(23)24)25-13-6-4-5-11(7-13)14-8-12(17(18,19)20)9-15(21-14)22(2)3/h4-10H,1-3H3,(H,23,24)/t10-/m0/s1. The fourth-order valence-electron chi connectivity index (χ4n) is 2.04. The minimum absolute atomic E-state index is 0.118. The molecule has 134 valence electrons. The summed E-state index contributed by atoms with van der Waals surface area (Å²) in [6.45, 7) is 1.36. The zero-order valence-electron chi connectivity index (χ0n) is 13.8. The first-order valence-corrected chi connectivity index (χ1v) is 7.34. The number of benzene rings is 1. The van der Waals surface area contributed by atoms with E-state index in [2.05, 4.69) is 4.98 Å². The highest BCUT2D eigenvalue weighted by molar-refractivity contribution is 5.72. The molecule has 0 radical (unpaired) electrons. The molecular formula is C17H17F3N2O3. The van der Waals surface area contributed by atoms with Gasteiger partial charge in [0.15, 0.2) is 6.10 Å². The summed E-state index contributed by atoms with van der Waals surface area (Å²) in [6, 6.07) is 8.06. The number of nitrogens with zero attached hydrogens (tertiary/aromatic N) is 2. The lowest BCUT2D eigenvalue weighted by atomic mass is 10.1. The Morgan fingerprint density at radius 3 is 2.48 bits per heavy atom. The molecule has 0 amide bonds. The van der Waals surface area contributed by atoms with Gasteiger partial charge in [0.05, 0.1) is 11.3 Å². The normalized spacial score (nSPS) is 12.6. The third-order valence-electron chi connectivity index (χ3n) is 3.39. The second-order valence-electron chi connectivity index (χ2n) is 5.62. The van der Waals surface area contributed by atoms with Crippen LogP contribution in [0.4, 0.5) is 19.0 Å². The number of pyridine rings is 1. The van der Waals surface area contributed by atoms with Crippen molar-refractivity contribution in [2.75, 3.05) is 19.0 Å². The Balaban J connectivity index is 2.47. The van der Waals surface area contributed by atoms with Crippen LogP contribution < -0.4 is 9.64 Å². The van der Waals surface area contributed by atoms with Crippen LogP contribution >= 0.6 is 0 Å². The summed E-state index contributed by atoms with van der Waals surface area (Å²) in [4.78, 5) is 16.6. The van der Waals surface area contributed by atoms with Gasteiger partial charge in [-0.05, 0) is 31.2 Å². The Labute approximate surface area is 142 Å². The molecule has 0 saturated carbocycles. The second-order valence-corrected chi connectivity index (χ2v) is 5.62. The third kappa shape index (κ3) is 4.62. The van der Waals surface area contributed by atoms with Crippen LogP contribution in [0.25, 0.3) is 11.3 Å². The maximum Gasteiger partial charge on any atom is 0.416 e. The Morgan fingerprint density at radius 2 is 1.92 bits per heavy atom. The molecule has 5 nitrogen and oxygen atoms in total. The molecule has 1 aromatic heterocycles. The summed E-state index contributed by atoms with van der Waals surface area (Å²) in [7, 11) is 3.20. The average Bonchev–Trinajstić information content (AvgIpc) is 2.53. The molecule has 8 heteroatoms. The summed E-state index contributed by atoms with van der Waals surface area (Å²) in [5.41, 5.74) is -0.303. The molecule has 0 spiro atoms. The molecule has 25 heavy (non-hydrogen) atoms. The van der Waals surface area contributed by atoms with E-state index in [1.54, 1.807) is 26.2 Å². The Morgan fingerprint density at radius 1 is 1.24 bits per heavy atom. The number of alkyl halides is 3. The fourth-order valence-corrected chi connectivity index (χ4v) is 2.04.